The summed E-state index contributed by atoms with van der Waals surface area (Å²) in [5.74, 6) is 0. The molecule has 7 rings (SSSR count). The average Bonchev–Trinajstić information content (AvgIpc) is 3.13. The summed E-state index contributed by atoms with van der Waals surface area (Å²) in [6.07, 6.45) is 24.0. The molecule has 0 aliphatic heterocycles. The molecule has 0 radical (unpaired) electrons. The Balaban J connectivity index is 1.34. The number of fused-ring (bicyclic) bond motifs is 2. The van der Waals surface area contributed by atoms with Gasteiger partial charge in [0.15, 0.2) is 0 Å². The summed E-state index contributed by atoms with van der Waals surface area (Å²) in [5.41, 5.74) is 7.38. The first-order valence-electron chi connectivity index (χ1n) is 16.4. The molecule has 0 saturated heterocycles. The zero-order chi connectivity index (χ0) is 31.5. The number of hydrogen-bond donors (Lipinski definition) is 0. The minimum absolute atomic E-state index is 0.0533. The van der Waals surface area contributed by atoms with Crippen LogP contribution < -0.4 is 5.30 Å². The molecule has 5 aromatic rings. The highest BCUT2D eigenvalue weighted by molar-refractivity contribution is 7.76. The Labute approximate surface area is 273 Å². The third-order valence-electron chi connectivity index (χ3n) is 9.44. The molecule has 0 aromatic heterocycles. The maximum atomic E-state index is 15.1. The molecule has 226 valence electrons. The second-order valence-corrected chi connectivity index (χ2v) is 15.1. The van der Waals surface area contributed by atoms with Crippen molar-refractivity contribution in [3.05, 3.63) is 169 Å². The SMILES string of the molecule is C/C=C\C(=C/C)P(=O)(c1cccc(-c2ccc(-c3c4ccccc4c(C4=CC=CCC4)c4ccccc34)cc2)c1)C1C=CC=CC1. The Kier molecular flexibility index (Phi) is 8.44. The molecule has 0 heterocycles. The topological polar surface area (TPSA) is 17.1 Å². The van der Waals surface area contributed by atoms with Crippen LogP contribution in [0.2, 0.25) is 0 Å². The largest absolute Gasteiger partial charge is 0.313 e. The third-order valence-corrected chi connectivity index (χ3v) is 13.0. The number of benzene rings is 5. The molecule has 2 atom stereocenters. The van der Waals surface area contributed by atoms with Gasteiger partial charge in [0.05, 0.1) is 0 Å². The first-order chi connectivity index (χ1) is 22.6. The number of hydrogen-bond acceptors (Lipinski definition) is 1. The van der Waals surface area contributed by atoms with Crippen molar-refractivity contribution in [3.8, 4) is 22.3 Å². The van der Waals surface area contributed by atoms with E-state index in [1.54, 1.807) is 0 Å². The summed E-state index contributed by atoms with van der Waals surface area (Å²) in [7, 11) is -2.92. The van der Waals surface area contributed by atoms with Gasteiger partial charge in [-0.05, 0) is 94.1 Å². The molecular weight excluding hydrogens is 575 g/mol. The van der Waals surface area contributed by atoms with Crippen LogP contribution in [0.15, 0.2) is 163 Å². The van der Waals surface area contributed by atoms with Crippen LogP contribution in [0.3, 0.4) is 0 Å². The summed E-state index contributed by atoms with van der Waals surface area (Å²) in [6.45, 7) is 3.99. The Morgan fingerprint density at radius 1 is 0.696 bits per heavy atom. The molecule has 0 saturated carbocycles. The lowest BCUT2D eigenvalue weighted by Crippen LogP contribution is -2.18. The quantitative estimate of drug-likeness (QED) is 0.101. The van der Waals surface area contributed by atoms with Gasteiger partial charge in [0.1, 0.15) is 7.14 Å². The molecule has 2 unspecified atom stereocenters. The third kappa shape index (κ3) is 5.30. The van der Waals surface area contributed by atoms with Crippen molar-refractivity contribution in [2.45, 2.75) is 38.8 Å². The Morgan fingerprint density at radius 2 is 1.37 bits per heavy atom. The normalized spacial score (nSPS) is 17.9. The summed E-state index contributed by atoms with van der Waals surface area (Å²) in [5, 5.41) is 6.98. The summed E-state index contributed by atoms with van der Waals surface area (Å²) < 4.78 is 15.1. The monoisotopic (exact) mass is 614 g/mol. The van der Waals surface area contributed by atoms with E-state index in [9.17, 15) is 0 Å². The van der Waals surface area contributed by atoms with E-state index in [2.05, 4.69) is 127 Å². The molecule has 2 aliphatic rings. The van der Waals surface area contributed by atoms with Gasteiger partial charge in [-0.2, -0.15) is 0 Å². The molecule has 1 nitrogen and oxygen atoms in total. The van der Waals surface area contributed by atoms with E-state index < -0.39 is 7.14 Å². The lowest BCUT2D eigenvalue weighted by molar-refractivity contribution is 0.580. The second-order valence-electron chi connectivity index (χ2n) is 12.1. The van der Waals surface area contributed by atoms with Crippen molar-refractivity contribution in [1.29, 1.82) is 0 Å². The number of allylic oxidation sites excluding steroid dienone is 12. The van der Waals surface area contributed by atoms with E-state index >= 15 is 4.57 Å². The van der Waals surface area contributed by atoms with Crippen LogP contribution in [-0.2, 0) is 4.57 Å². The molecule has 0 fully saturated rings. The van der Waals surface area contributed by atoms with Crippen molar-refractivity contribution in [2.75, 3.05) is 0 Å². The van der Waals surface area contributed by atoms with E-state index in [1.165, 1.54) is 43.8 Å². The standard InChI is InChI=1S/C44H39OP/c1-3-16-36(4-2)46(45,37-20-9-6-10-21-37)38-22-15-19-35(31-38)32-27-29-34(30-28-32)44-41-25-13-11-23-39(41)43(33-17-7-5-8-18-33)40-24-12-14-26-42(40)44/h3-7,9-17,19-20,22-31,37H,8,18,21H2,1-2H3/b16-3-,36-4+. The van der Waals surface area contributed by atoms with Gasteiger partial charge in [-0.25, -0.2) is 0 Å². The Morgan fingerprint density at radius 3 is 1.96 bits per heavy atom. The van der Waals surface area contributed by atoms with E-state index in [1.807, 2.05) is 44.2 Å². The summed E-state index contributed by atoms with van der Waals surface area (Å²) >= 11 is 0. The maximum absolute atomic E-state index is 15.1. The fourth-order valence-corrected chi connectivity index (χ4v) is 10.5. The van der Waals surface area contributed by atoms with Crippen LogP contribution in [0.25, 0.3) is 49.4 Å². The molecule has 0 bridgehead atoms. The van der Waals surface area contributed by atoms with Crippen LogP contribution in [0.4, 0.5) is 0 Å². The summed E-state index contributed by atoms with van der Waals surface area (Å²) in [4.78, 5) is 0. The van der Waals surface area contributed by atoms with Gasteiger partial charge in [0.25, 0.3) is 0 Å². The molecule has 2 heteroatoms. The zero-order valence-electron chi connectivity index (χ0n) is 26.6. The van der Waals surface area contributed by atoms with Crippen LogP contribution in [0.1, 0.15) is 38.7 Å². The van der Waals surface area contributed by atoms with E-state index in [0.29, 0.717) is 0 Å². The van der Waals surface area contributed by atoms with E-state index in [-0.39, 0.29) is 5.66 Å². The highest BCUT2D eigenvalue weighted by Gasteiger charge is 2.35. The lowest BCUT2D eigenvalue weighted by atomic mass is 9.84. The van der Waals surface area contributed by atoms with Crippen LogP contribution in [-0.4, -0.2) is 5.66 Å². The fourth-order valence-electron chi connectivity index (χ4n) is 7.26. The minimum atomic E-state index is -2.92. The summed E-state index contributed by atoms with van der Waals surface area (Å²) in [6, 6.07) is 35.1. The van der Waals surface area contributed by atoms with E-state index in [4.69, 9.17) is 0 Å². The molecule has 0 amide bonds. The lowest BCUT2D eigenvalue weighted by Gasteiger charge is -2.28. The van der Waals surface area contributed by atoms with Crippen LogP contribution >= 0.6 is 7.14 Å². The Bertz CT molecular complexity index is 2110. The van der Waals surface area contributed by atoms with Gasteiger partial charge in [-0.3, -0.25) is 0 Å². The van der Waals surface area contributed by atoms with Crippen LogP contribution in [0, 0.1) is 0 Å². The van der Waals surface area contributed by atoms with Gasteiger partial charge >= 0.3 is 0 Å². The van der Waals surface area contributed by atoms with Gasteiger partial charge in [0.2, 0.25) is 0 Å². The zero-order valence-corrected chi connectivity index (χ0v) is 27.5. The molecule has 0 N–H and O–H groups in total. The van der Waals surface area contributed by atoms with Crippen molar-refractivity contribution >= 4 is 39.6 Å². The second kappa shape index (κ2) is 13.0. The first-order valence-corrected chi connectivity index (χ1v) is 18.1. The number of rotatable bonds is 7. The molecular formula is C44H39OP. The maximum Gasteiger partial charge on any atom is 0.149 e. The fraction of sp³-hybridized carbons (Fsp3) is 0.136. The molecule has 5 aromatic carbocycles. The molecule has 46 heavy (non-hydrogen) atoms. The van der Waals surface area contributed by atoms with Gasteiger partial charge < -0.3 is 4.57 Å². The Hall–Kier alpha value is -4.71. The predicted molar refractivity (Wildman–Crippen MR) is 201 cm³/mol. The van der Waals surface area contributed by atoms with Gasteiger partial charge in [-0.1, -0.05) is 152 Å². The minimum Gasteiger partial charge on any atom is -0.313 e. The van der Waals surface area contributed by atoms with E-state index in [0.717, 1.165) is 41.0 Å². The molecule has 0 spiro atoms. The van der Waals surface area contributed by atoms with Crippen LogP contribution in [0.5, 0.6) is 0 Å². The van der Waals surface area contributed by atoms with Crippen molar-refractivity contribution in [3.63, 3.8) is 0 Å². The van der Waals surface area contributed by atoms with Crippen molar-refractivity contribution < 1.29 is 4.57 Å². The van der Waals surface area contributed by atoms with Crippen molar-refractivity contribution in [2.24, 2.45) is 0 Å². The average molecular weight is 615 g/mol. The smallest absolute Gasteiger partial charge is 0.149 e. The van der Waals surface area contributed by atoms with Gasteiger partial charge in [0, 0.05) is 16.3 Å². The highest BCUT2D eigenvalue weighted by atomic mass is 31.2. The first kappa shape index (κ1) is 30.0. The predicted octanol–water partition coefficient (Wildman–Crippen LogP) is 12.4. The highest BCUT2D eigenvalue weighted by Crippen LogP contribution is 2.60. The molecule has 2 aliphatic carbocycles. The van der Waals surface area contributed by atoms with Crippen molar-refractivity contribution in [1.82, 2.24) is 0 Å². The van der Waals surface area contributed by atoms with Gasteiger partial charge in [-0.15, -0.1) is 0 Å².